The average Bonchev–Trinajstić information content (AvgIpc) is 2.37. The van der Waals surface area contributed by atoms with Gasteiger partial charge in [0.25, 0.3) is 0 Å². The molecule has 1 rings (SSSR count). The summed E-state index contributed by atoms with van der Waals surface area (Å²) in [5.41, 5.74) is 2.54. The molecule has 0 fully saturated rings. The van der Waals surface area contributed by atoms with Crippen LogP contribution in [0.4, 0.5) is 11.6 Å². The van der Waals surface area contributed by atoms with Crippen LogP contribution >= 0.6 is 0 Å². The zero-order chi connectivity index (χ0) is 14.6. The van der Waals surface area contributed by atoms with Crippen molar-refractivity contribution in [2.45, 2.75) is 59.4 Å². The Balaban J connectivity index is 3.26. The van der Waals surface area contributed by atoms with Crippen LogP contribution in [0, 0.1) is 0 Å². The third-order valence-corrected chi connectivity index (χ3v) is 3.29. The van der Waals surface area contributed by atoms with Gasteiger partial charge in [0.15, 0.2) is 0 Å². The summed E-state index contributed by atoms with van der Waals surface area (Å²) in [7, 11) is 0. The highest BCUT2D eigenvalue weighted by atomic mass is 15.3. The van der Waals surface area contributed by atoms with E-state index in [-0.39, 0.29) is 5.41 Å². The first-order valence-electron chi connectivity index (χ1n) is 6.96. The predicted octanol–water partition coefficient (Wildman–Crippen LogP) is 2.68. The van der Waals surface area contributed by atoms with Gasteiger partial charge >= 0.3 is 0 Å². The summed E-state index contributed by atoms with van der Waals surface area (Å²) in [6, 6.07) is 2.35. The minimum absolute atomic E-state index is 0.101. The maximum atomic E-state index is 5.52. The molecule has 0 saturated carbocycles. The number of nitrogens with two attached hydrogens (primary N) is 1. The Hall–Kier alpha value is -1.36. The smallest absolute Gasteiger partial charge is 0.145 e. The van der Waals surface area contributed by atoms with Crippen LogP contribution in [0.2, 0.25) is 0 Å². The number of nitrogens with one attached hydrogen (secondary N) is 1. The van der Waals surface area contributed by atoms with E-state index < -0.39 is 0 Å². The number of nitrogen functional groups attached to an aromatic ring is 1. The van der Waals surface area contributed by atoms with Gasteiger partial charge in [0.1, 0.15) is 17.5 Å². The van der Waals surface area contributed by atoms with Crippen molar-refractivity contribution in [3.05, 3.63) is 11.9 Å². The normalized spacial score (nSPS) is 13.2. The second kappa shape index (κ2) is 6.19. The van der Waals surface area contributed by atoms with Gasteiger partial charge in [-0.3, -0.25) is 0 Å². The number of nitrogens with zero attached hydrogens (tertiary/aromatic N) is 3. The van der Waals surface area contributed by atoms with E-state index in [1.807, 2.05) is 6.07 Å². The lowest BCUT2D eigenvalue weighted by Crippen LogP contribution is -2.34. The molecule has 0 amide bonds. The Bertz CT molecular complexity index is 411. The number of aromatic nitrogens is 2. The SMILES string of the molecule is CCC(C)N(CC)c1cc(NN)nc(C(C)(C)C)n1. The molecular formula is C14H27N5. The van der Waals surface area contributed by atoms with Crippen molar-refractivity contribution < 1.29 is 0 Å². The Morgan fingerprint density at radius 2 is 1.95 bits per heavy atom. The summed E-state index contributed by atoms with van der Waals surface area (Å²) >= 11 is 0. The molecular weight excluding hydrogens is 238 g/mol. The summed E-state index contributed by atoms with van der Waals surface area (Å²) in [5, 5.41) is 0. The van der Waals surface area contributed by atoms with Crippen molar-refractivity contribution >= 4 is 11.6 Å². The lowest BCUT2D eigenvalue weighted by Gasteiger charge is -2.30. The van der Waals surface area contributed by atoms with Crippen molar-refractivity contribution in [3.8, 4) is 0 Å². The summed E-state index contributed by atoms with van der Waals surface area (Å²) in [6.07, 6.45) is 1.08. The molecule has 1 unspecified atom stereocenters. The zero-order valence-corrected chi connectivity index (χ0v) is 13.0. The lowest BCUT2D eigenvalue weighted by molar-refractivity contribution is 0.540. The Kier molecular flexibility index (Phi) is 5.11. The van der Waals surface area contributed by atoms with Crippen molar-refractivity contribution in [1.82, 2.24) is 9.97 Å². The van der Waals surface area contributed by atoms with E-state index in [9.17, 15) is 0 Å². The topological polar surface area (TPSA) is 67.1 Å². The van der Waals surface area contributed by atoms with E-state index in [1.165, 1.54) is 0 Å². The monoisotopic (exact) mass is 265 g/mol. The van der Waals surface area contributed by atoms with Gasteiger partial charge < -0.3 is 10.3 Å². The first-order valence-corrected chi connectivity index (χ1v) is 6.96. The molecule has 0 aromatic carbocycles. The predicted molar refractivity (Wildman–Crippen MR) is 81.3 cm³/mol. The summed E-state index contributed by atoms with van der Waals surface area (Å²) in [6.45, 7) is 13.8. The van der Waals surface area contributed by atoms with Gasteiger partial charge in [0, 0.05) is 24.1 Å². The van der Waals surface area contributed by atoms with Crippen LogP contribution in [0.1, 0.15) is 53.8 Å². The summed E-state index contributed by atoms with van der Waals surface area (Å²) in [5.74, 6) is 7.93. The van der Waals surface area contributed by atoms with E-state index in [0.717, 1.165) is 24.6 Å². The molecule has 3 N–H and O–H groups in total. The average molecular weight is 265 g/mol. The van der Waals surface area contributed by atoms with Crippen molar-refractivity contribution in [2.24, 2.45) is 5.84 Å². The molecule has 0 bridgehead atoms. The molecule has 0 aliphatic heterocycles. The molecule has 1 aromatic rings. The van der Waals surface area contributed by atoms with Crippen LogP contribution in [-0.4, -0.2) is 22.6 Å². The molecule has 5 nitrogen and oxygen atoms in total. The molecule has 5 heteroatoms. The van der Waals surface area contributed by atoms with Gasteiger partial charge in [-0.05, 0) is 20.3 Å². The highest BCUT2D eigenvalue weighted by molar-refractivity contribution is 5.50. The van der Waals surface area contributed by atoms with Crippen molar-refractivity contribution in [2.75, 3.05) is 16.9 Å². The van der Waals surface area contributed by atoms with Crippen molar-refractivity contribution in [3.63, 3.8) is 0 Å². The van der Waals surface area contributed by atoms with Crippen LogP contribution in [0.15, 0.2) is 6.07 Å². The van der Waals surface area contributed by atoms with Crippen molar-refractivity contribution in [1.29, 1.82) is 0 Å². The van der Waals surface area contributed by atoms with Crippen LogP contribution in [0.5, 0.6) is 0 Å². The van der Waals surface area contributed by atoms with E-state index in [0.29, 0.717) is 11.9 Å². The van der Waals surface area contributed by atoms with E-state index in [1.54, 1.807) is 0 Å². The molecule has 108 valence electrons. The standard InChI is InChI=1S/C14H27N5/c1-7-10(3)19(8-2)12-9-11(18-15)16-13(17-12)14(4,5)6/h9-10H,7-8,15H2,1-6H3,(H,16,17,18). The molecule has 0 spiro atoms. The number of anilines is 2. The van der Waals surface area contributed by atoms with E-state index in [4.69, 9.17) is 10.8 Å². The quantitative estimate of drug-likeness (QED) is 0.633. The molecule has 0 saturated heterocycles. The van der Waals surface area contributed by atoms with Gasteiger partial charge in [0.2, 0.25) is 0 Å². The number of hydrazine groups is 1. The van der Waals surface area contributed by atoms with Gasteiger partial charge in [-0.2, -0.15) is 0 Å². The third kappa shape index (κ3) is 3.80. The molecule has 0 aliphatic rings. The Morgan fingerprint density at radius 3 is 2.37 bits per heavy atom. The van der Waals surface area contributed by atoms with E-state index >= 15 is 0 Å². The summed E-state index contributed by atoms with van der Waals surface area (Å²) < 4.78 is 0. The Labute approximate surface area is 116 Å². The minimum Gasteiger partial charge on any atom is -0.354 e. The highest BCUT2D eigenvalue weighted by Gasteiger charge is 2.21. The number of hydrogen-bond donors (Lipinski definition) is 2. The molecule has 1 atom stereocenters. The second-order valence-electron chi connectivity index (χ2n) is 5.87. The first-order chi connectivity index (χ1) is 8.83. The van der Waals surface area contributed by atoms with Crippen LogP contribution in [-0.2, 0) is 5.41 Å². The van der Waals surface area contributed by atoms with E-state index in [2.05, 4.69) is 56.9 Å². The van der Waals surface area contributed by atoms with Gasteiger partial charge in [-0.15, -0.1) is 0 Å². The number of rotatable bonds is 5. The maximum Gasteiger partial charge on any atom is 0.145 e. The molecule has 19 heavy (non-hydrogen) atoms. The fourth-order valence-corrected chi connectivity index (χ4v) is 1.91. The largest absolute Gasteiger partial charge is 0.354 e. The number of hydrogen-bond acceptors (Lipinski definition) is 5. The third-order valence-electron chi connectivity index (χ3n) is 3.29. The van der Waals surface area contributed by atoms with Gasteiger partial charge in [-0.1, -0.05) is 27.7 Å². The van der Waals surface area contributed by atoms with Gasteiger partial charge in [0.05, 0.1) is 0 Å². The fraction of sp³-hybridized carbons (Fsp3) is 0.714. The molecule has 1 aromatic heterocycles. The second-order valence-corrected chi connectivity index (χ2v) is 5.87. The van der Waals surface area contributed by atoms with Crippen LogP contribution < -0.4 is 16.2 Å². The molecule has 0 radical (unpaired) electrons. The lowest BCUT2D eigenvalue weighted by atomic mass is 9.95. The van der Waals surface area contributed by atoms with Crippen LogP contribution in [0.25, 0.3) is 0 Å². The fourth-order valence-electron chi connectivity index (χ4n) is 1.91. The maximum absolute atomic E-state index is 5.52. The Morgan fingerprint density at radius 1 is 1.32 bits per heavy atom. The molecule has 1 heterocycles. The van der Waals surface area contributed by atoms with Crippen LogP contribution in [0.3, 0.4) is 0 Å². The minimum atomic E-state index is -0.101. The highest BCUT2D eigenvalue weighted by Crippen LogP contribution is 2.25. The first kappa shape index (κ1) is 15.7. The molecule has 0 aliphatic carbocycles. The van der Waals surface area contributed by atoms with Gasteiger partial charge in [-0.25, -0.2) is 15.8 Å². The zero-order valence-electron chi connectivity index (χ0n) is 13.0. The summed E-state index contributed by atoms with van der Waals surface area (Å²) in [4.78, 5) is 11.4.